The molecule has 2 aromatic rings. The summed E-state index contributed by atoms with van der Waals surface area (Å²) >= 11 is 0. The number of carbonyl (C=O) groups is 1. The second kappa shape index (κ2) is 5.95. The molecule has 0 bridgehead atoms. The lowest BCUT2D eigenvalue weighted by atomic mass is 9.92. The molecule has 0 aromatic heterocycles. The Hall–Kier alpha value is -2.36. The number of hydrogen-bond acceptors (Lipinski definition) is 2. The SMILES string of the molecule is O=C(NCc1ccccc1F)C1CCOc2ccccc21. The van der Waals surface area contributed by atoms with E-state index in [0.717, 1.165) is 11.3 Å². The molecule has 0 aliphatic carbocycles. The summed E-state index contributed by atoms with van der Waals surface area (Å²) in [5.41, 5.74) is 1.39. The van der Waals surface area contributed by atoms with Crippen molar-refractivity contribution in [3.05, 3.63) is 65.5 Å². The first-order valence-electron chi connectivity index (χ1n) is 6.98. The van der Waals surface area contributed by atoms with Gasteiger partial charge in [-0.05, 0) is 18.6 Å². The maximum atomic E-state index is 13.5. The molecule has 21 heavy (non-hydrogen) atoms. The van der Waals surface area contributed by atoms with Crippen molar-refractivity contribution in [2.24, 2.45) is 0 Å². The second-order valence-electron chi connectivity index (χ2n) is 5.04. The van der Waals surface area contributed by atoms with Gasteiger partial charge < -0.3 is 10.1 Å². The number of amides is 1. The molecule has 0 spiro atoms. The Morgan fingerprint density at radius 2 is 1.95 bits per heavy atom. The van der Waals surface area contributed by atoms with Crippen LogP contribution in [-0.4, -0.2) is 12.5 Å². The number of halogens is 1. The van der Waals surface area contributed by atoms with Crippen molar-refractivity contribution in [3.63, 3.8) is 0 Å². The van der Waals surface area contributed by atoms with Crippen LogP contribution in [-0.2, 0) is 11.3 Å². The van der Waals surface area contributed by atoms with Crippen LogP contribution >= 0.6 is 0 Å². The lowest BCUT2D eigenvalue weighted by Crippen LogP contribution is -2.32. The molecule has 1 heterocycles. The molecule has 0 saturated heterocycles. The summed E-state index contributed by atoms with van der Waals surface area (Å²) in [5.74, 6) is 0.135. The van der Waals surface area contributed by atoms with Crippen molar-refractivity contribution in [2.75, 3.05) is 6.61 Å². The molecule has 0 fully saturated rings. The fraction of sp³-hybridized carbons (Fsp3) is 0.235. The lowest BCUT2D eigenvalue weighted by Gasteiger charge is -2.25. The van der Waals surface area contributed by atoms with Crippen molar-refractivity contribution < 1.29 is 13.9 Å². The average Bonchev–Trinajstić information content (AvgIpc) is 2.53. The summed E-state index contributed by atoms with van der Waals surface area (Å²) < 4.78 is 19.1. The number of hydrogen-bond donors (Lipinski definition) is 1. The minimum Gasteiger partial charge on any atom is -0.493 e. The van der Waals surface area contributed by atoms with Gasteiger partial charge in [-0.25, -0.2) is 4.39 Å². The van der Waals surface area contributed by atoms with E-state index in [1.54, 1.807) is 18.2 Å². The minimum atomic E-state index is -0.301. The molecule has 1 atom stereocenters. The molecule has 0 saturated carbocycles. The number of fused-ring (bicyclic) bond motifs is 1. The van der Waals surface area contributed by atoms with E-state index in [2.05, 4.69) is 5.32 Å². The van der Waals surface area contributed by atoms with Crippen LogP contribution in [0.3, 0.4) is 0 Å². The van der Waals surface area contributed by atoms with Gasteiger partial charge >= 0.3 is 0 Å². The van der Waals surface area contributed by atoms with E-state index >= 15 is 0 Å². The zero-order chi connectivity index (χ0) is 14.7. The molecule has 108 valence electrons. The van der Waals surface area contributed by atoms with E-state index in [1.165, 1.54) is 6.07 Å². The molecule has 1 aliphatic heterocycles. The van der Waals surface area contributed by atoms with Gasteiger partial charge in [-0.2, -0.15) is 0 Å². The Kier molecular flexibility index (Phi) is 3.86. The third kappa shape index (κ3) is 2.89. The summed E-state index contributed by atoms with van der Waals surface area (Å²) in [7, 11) is 0. The number of carbonyl (C=O) groups excluding carboxylic acids is 1. The first kappa shape index (κ1) is 13.6. The van der Waals surface area contributed by atoms with Crippen LogP contribution in [0.25, 0.3) is 0 Å². The van der Waals surface area contributed by atoms with Gasteiger partial charge in [0, 0.05) is 17.7 Å². The van der Waals surface area contributed by atoms with Crippen molar-refractivity contribution in [2.45, 2.75) is 18.9 Å². The third-order valence-corrected chi connectivity index (χ3v) is 3.69. The van der Waals surface area contributed by atoms with E-state index in [-0.39, 0.29) is 24.2 Å². The topological polar surface area (TPSA) is 38.3 Å². The Bertz CT molecular complexity index is 657. The summed E-state index contributed by atoms with van der Waals surface area (Å²) in [6.45, 7) is 0.722. The number of para-hydroxylation sites is 1. The number of nitrogens with one attached hydrogen (secondary N) is 1. The molecule has 1 amide bonds. The van der Waals surface area contributed by atoms with Gasteiger partial charge in [0.1, 0.15) is 11.6 Å². The van der Waals surface area contributed by atoms with Gasteiger partial charge in [-0.1, -0.05) is 36.4 Å². The van der Waals surface area contributed by atoms with Crippen LogP contribution < -0.4 is 10.1 Å². The molecule has 1 N–H and O–H groups in total. The quantitative estimate of drug-likeness (QED) is 0.941. The maximum Gasteiger partial charge on any atom is 0.228 e. The predicted molar refractivity (Wildman–Crippen MR) is 77.5 cm³/mol. The van der Waals surface area contributed by atoms with E-state index in [4.69, 9.17) is 4.74 Å². The van der Waals surface area contributed by atoms with E-state index in [1.807, 2.05) is 24.3 Å². The summed E-state index contributed by atoms with van der Waals surface area (Å²) in [5, 5.41) is 2.82. The van der Waals surface area contributed by atoms with E-state index in [0.29, 0.717) is 18.6 Å². The van der Waals surface area contributed by atoms with Gasteiger partial charge in [0.25, 0.3) is 0 Å². The van der Waals surface area contributed by atoms with Crippen LogP contribution in [0.4, 0.5) is 4.39 Å². The molecule has 1 unspecified atom stereocenters. The summed E-state index contributed by atoms with van der Waals surface area (Å²) in [4.78, 5) is 12.4. The maximum absolute atomic E-state index is 13.5. The van der Waals surface area contributed by atoms with Crippen LogP contribution in [0.5, 0.6) is 5.75 Å². The van der Waals surface area contributed by atoms with Gasteiger partial charge in [0.2, 0.25) is 5.91 Å². The van der Waals surface area contributed by atoms with Crippen molar-refractivity contribution in [3.8, 4) is 5.75 Å². The Balaban J connectivity index is 1.71. The van der Waals surface area contributed by atoms with Gasteiger partial charge in [0.05, 0.1) is 12.5 Å². The second-order valence-corrected chi connectivity index (χ2v) is 5.04. The van der Waals surface area contributed by atoms with Crippen LogP contribution in [0.1, 0.15) is 23.5 Å². The molecule has 2 aromatic carbocycles. The Morgan fingerprint density at radius 1 is 1.19 bits per heavy atom. The van der Waals surface area contributed by atoms with Crippen LogP contribution in [0.2, 0.25) is 0 Å². The molecule has 3 rings (SSSR count). The molecular weight excluding hydrogens is 269 g/mol. The summed E-state index contributed by atoms with van der Waals surface area (Å²) in [6.07, 6.45) is 0.639. The standard InChI is InChI=1S/C17H16FNO2/c18-15-7-3-1-5-12(15)11-19-17(20)14-9-10-21-16-8-4-2-6-13(14)16/h1-8,14H,9-11H2,(H,19,20). The van der Waals surface area contributed by atoms with Gasteiger partial charge in [0.15, 0.2) is 0 Å². The zero-order valence-corrected chi connectivity index (χ0v) is 11.5. The first-order chi connectivity index (χ1) is 10.3. The smallest absolute Gasteiger partial charge is 0.228 e. The van der Waals surface area contributed by atoms with Crippen molar-refractivity contribution in [1.82, 2.24) is 5.32 Å². The van der Waals surface area contributed by atoms with Crippen LogP contribution in [0, 0.1) is 5.82 Å². The van der Waals surface area contributed by atoms with Gasteiger partial charge in [-0.3, -0.25) is 4.79 Å². The van der Waals surface area contributed by atoms with Crippen molar-refractivity contribution >= 4 is 5.91 Å². The van der Waals surface area contributed by atoms with Gasteiger partial charge in [-0.15, -0.1) is 0 Å². The summed E-state index contributed by atoms with van der Waals surface area (Å²) in [6, 6.07) is 14.0. The monoisotopic (exact) mass is 285 g/mol. The minimum absolute atomic E-state index is 0.0889. The average molecular weight is 285 g/mol. The largest absolute Gasteiger partial charge is 0.493 e. The fourth-order valence-electron chi connectivity index (χ4n) is 2.56. The number of ether oxygens (including phenoxy) is 1. The Labute approximate surface area is 122 Å². The highest BCUT2D eigenvalue weighted by Crippen LogP contribution is 2.33. The number of benzene rings is 2. The highest BCUT2D eigenvalue weighted by atomic mass is 19.1. The number of rotatable bonds is 3. The normalized spacial score (nSPS) is 16.7. The van der Waals surface area contributed by atoms with Crippen molar-refractivity contribution in [1.29, 1.82) is 0 Å². The molecule has 0 radical (unpaired) electrons. The fourth-order valence-corrected chi connectivity index (χ4v) is 2.56. The molecular formula is C17H16FNO2. The van der Waals surface area contributed by atoms with E-state index < -0.39 is 0 Å². The van der Waals surface area contributed by atoms with E-state index in [9.17, 15) is 9.18 Å². The highest BCUT2D eigenvalue weighted by Gasteiger charge is 2.27. The first-order valence-corrected chi connectivity index (χ1v) is 6.98. The highest BCUT2D eigenvalue weighted by molar-refractivity contribution is 5.84. The lowest BCUT2D eigenvalue weighted by molar-refractivity contribution is -0.123. The Morgan fingerprint density at radius 3 is 2.81 bits per heavy atom. The third-order valence-electron chi connectivity index (χ3n) is 3.69. The predicted octanol–water partition coefficient (Wildman–Crippen LogP) is 3.01. The molecule has 3 nitrogen and oxygen atoms in total. The van der Waals surface area contributed by atoms with Crippen LogP contribution in [0.15, 0.2) is 48.5 Å². The molecule has 1 aliphatic rings. The molecule has 4 heteroatoms. The zero-order valence-electron chi connectivity index (χ0n) is 11.5.